The van der Waals surface area contributed by atoms with Gasteiger partial charge < -0.3 is 14.7 Å². The van der Waals surface area contributed by atoms with Crippen LogP contribution in [0.25, 0.3) is 0 Å². The fraction of sp³-hybridized carbons (Fsp3) is 1.00. The normalized spacial score (nSPS) is 29.2. The van der Waals surface area contributed by atoms with Crippen LogP contribution in [0.1, 0.15) is 12.8 Å². The molecule has 0 radical (unpaired) electrons. The lowest BCUT2D eigenvalue weighted by Gasteiger charge is -2.43. The molecule has 4 nitrogen and oxygen atoms in total. The smallest absolute Gasteiger partial charge is 0.0350 e. The van der Waals surface area contributed by atoms with E-state index in [0.29, 0.717) is 6.04 Å². The summed E-state index contributed by atoms with van der Waals surface area (Å²) in [6, 6.07) is 0.716. The van der Waals surface area contributed by atoms with Gasteiger partial charge in [-0.15, -0.1) is 0 Å². The van der Waals surface area contributed by atoms with E-state index in [2.05, 4.69) is 47.8 Å². The molecule has 1 atom stereocenters. The maximum Gasteiger partial charge on any atom is 0.0350 e. The zero-order chi connectivity index (χ0) is 13.8. The molecule has 0 aliphatic carbocycles. The van der Waals surface area contributed by atoms with Crippen molar-refractivity contribution in [3.05, 3.63) is 0 Å². The van der Waals surface area contributed by atoms with E-state index >= 15 is 0 Å². The van der Waals surface area contributed by atoms with Crippen molar-refractivity contribution in [2.75, 3.05) is 74.0 Å². The zero-order valence-electron chi connectivity index (χ0n) is 13.3. The molecule has 0 aromatic heterocycles. The Hall–Kier alpha value is -0.160. The van der Waals surface area contributed by atoms with Crippen molar-refractivity contribution in [1.29, 1.82) is 0 Å². The van der Waals surface area contributed by atoms with Crippen molar-refractivity contribution in [2.24, 2.45) is 5.92 Å². The van der Waals surface area contributed by atoms with Crippen molar-refractivity contribution >= 4 is 0 Å². The van der Waals surface area contributed by atoms with Gasteiger partial charge in [-0.3, -0.25) is 4.90 Å². The van der Waals surface area contributed by atoms with E-state index in [0.717, 1.165) is 5.92 Å². The van der Waals surface area contributed by atoms with Crippen LogP contribution < -0.4 is 0 Å². The summed E-state index contributed by atoms with van der Waals surface area (Å²) in [5.41, 5.74) is 0. The standard InChI is InChI=1S/C15H32N4/c1-16(2)12-15-13-18(4)9-10-19(15)11-14-5-7-17(3)8-6-14/h14-15H,5-13H2,1-4H3/t15-/m0/s1. The summed E-state index contributed by atoms with van der Waals surface area (Å²) >= 11 is 0. The molecule has 2 aliphatic heterocycles. The number of likely N-dealkylation sites (N-methyl/N-ethyl adjacent to an activating group) is 2. The molecular formula is C15H32N4. The van der Waals surface area contributed by atoms with Crippen LogP contribution in [-0.4, -0.2) is 99.6 Å². The lowest BCUT2D eigenvalue weighted by Crippen LogP contribution is -2.56. The second-order valence-electron chi connectivity index (χ2n) is 6.92. The highest BCUT2D eigenvalue weighted by Gasteiger charge is 2.28. The van der Waals surface area contributed by atoms with Crippen LogP contribution in [0.2, 0.25) is 0 Å². The topological polar surface area (TPSA) is 13.0 Å². The average Bonchev–Trinajstić information content (AvgIpc) is 2.34. The van der Waals surface area contributed by atoms with Crippen LogP contribution in [0.3, 0.4) is 0 Å². The molecular weight excluding hydrogens is 236 g/mol. The van der Waals surface area contributed by atoms with Gasteiger partial charge in [0, 0.05) is 38.8 Å². The number of piperazine rings is 1. The number of rotatable bonds is 4. The summed E-state index contributed by atoms with van der Waals surface area (Å²) in [6.45, 7) is 8.80. The Morgan fingerprint density at radius 3 is 2.26 bits per heavy atom. The van der Waals surface area contributed by atoms with Crippen LogP contribution >= 0.6 is 0 Å². The molecule has 19 heavy (non-hydrogen) atoms. The average molecular weight is 268 g/mol. The van der Waals surface area contributed by atoms with Crippen LogP contribution in [-0.2, 0) is 0 Å². The van der Waals surface area contributed by atoms with E-state index in [-0.39, 0.29) is 0 Å². The van der Waals surface area contributed by atoms with Crippen molar-refractivity contribution in [1.82, 2.24) is 19.6 Å². The van der Waals surface area contributed by atoms with E-state index < -0.39 is 0 Å². The molecule has 2 fully saturated rings. The maximum absolute atomic E-state index is 2.76. The molecule has 2 heterocycles. The molecule has 0 bridgehead atoms. The maximum atomic E-state index is 2.76. The molecule has 112 valence electrons. The molecule has 0 N–H and O–H groups in total. The quantitative estimate of drug-likeness (QED) is 0.736. The van der Waals surface area contributed by atoms with Gasteiger partial charge in [-0.1, -0.05) is 0 Å². The molecule has 0 amide bonds. The summed E-state index contributed by atoms with van der Waals surface area (Å²) in [4.78, 5) is 10.1. The minimum atomic E-state index is 0.716. The predicted octanol–water partition coefficient (Wildman–Crippen LogP) is 0.506. The van der Waals surface area contributed by atoms with Crippen molar-refractivity contribution < 1.29 is 0 Å². The van der Waals surface area contributed by atoms with E-state index in [1.165, 1.54) is 58.7 Å². The van der Waals surface area contributed by atoms with Gasteiger partial charge in [0.15, 0.2) is 0 Å². The Labute approximate surface area is 119 Å². The Kier molecular flexibility index (Phi) is 5.63. The van der Waals surface area contributed by atoms with E-state index in [4.69, 9.17) is 0 Å². The van der Waals surface area contributed by atoms with Crippen molar-refractivity contribution in [3.8, 4) is 0 Å². The highest BCUT2D eigenvalue weighted by molar-refractivity contribution is 4.85. The fourth-order valence-electron chi connectivity index (χ4n) is 3.46. The van der Waals surface area contributed by atoms with E-state index in [9.17, 15) is 0 Å². The minimum Gasteiger partial charge on any atom is -0.308 e. The first-order valence-electron chi connectivity index (χ1n) is 7.80. The molecule has 0 aromatic rings. The van der Waals surface area contributed by atoms with Gasteiger partial charge in [0.05, 0.1) is 0 Å². The predicted molar refractivity (Wildman–Crippen MR) is 81.6 cm³/mol. The summed E-state index contributed by atoms with van der Waals surface area (Å²) < 4.78 is 0. The third kappa shape index (κ3) is 4.71. The summed E-state index contributed by atoms with van der Waals surface area (Å²) in [5, 5.41) is 0. The first kappa shape index (κ1) is 15.2. The molecule has 0 unspecified atom stereocenters. The third-order valence-corrected chi connectivity index (χ3v) is 4.71. The molecule has 2 rings (SSSR count). The summed E-state index contributed by atoms with van der Waals surface area (Å²) in [7, 11) is 8.90. The van der Waals surface area contributed by atoms with E-state index in [1.54, 1.807) is 0 Å². The zero-order valence-corrected chi connectivity index (χ0v) is 13.3. The fourth-order valence-corrected chi connectivity index (χ4v) is 3.46. The second-order valence-corrected chi connectivity index (χ2v) is 6.92. The Morgan fingerprint density at radius 2 is 1.63 bits per heavy atom. The molecule has 0 spiro atoms. The third-order valence-electron chi connectivity index (χ3n) is 4.71. The van der Waals surface area contributed by atoms with Gasteiger partial charge in [0.2, 0.25) is 0 Å². The van der Waals surface area contributed by atoms with Crippen molar-refractivity contribution in [2.45, 2.75) is 18.9 Å². The lowest BCUT2D eigenvalue weighted by atomic mass is 9.95. The molecule has 0 saturated carbocycles. The Morgan fingerprint density at radius 1 is 0.947 bits per heavy atom. The Bertz CT molecular complexity index is 259. The van der Waals surface area contributed by atoms with Gasteiger partial charge in [0.1, 0.15) is 0 Å². The highest BCUT2D eigenvalue weighted by atomic mass is 15.3. The van der Waals surface area contributed by atoms with Crippen LogP contribution in [0.5, 0.6) is 0 Å². The summed E-state index contributed by atoms with van der Waals surface area (Å²) in [6.07, 6.45) is 2.77. The lowest BCUT2D eigenvalue weighted by molar-refractivity contribution is 0.0500. The van der Waals surface area contributed by atoms with Crippen molar-refractivity contribution in [3.63, 3.8) is 0 Å². The van der Waals surface area contributed by atoms with Gasteiger partial charge in [0.25, 0.3) is 0 Å². The molecule has 2 saturated heterocycles. The highest BCUT2D eigenvalue weighted by Crippen LogP contribution is 2.20. The minimum absolute atomic E-state index is 0.716. The van der Waals surface area contributed by atoms with Gasteiger partial charge in [-0.2, -0.15) is 0 Å². The van der Waals surface area contributed by atoms with Gasteiger partial charge >= 0.3 is 0 Å². The Balaban J connectivity index is 1.85. The first-order valence-corrected chi connectivity index (χ1v) is 7.80. The summed E-state index contributed by atoms with van der Waals surface area (Å²) in [5.74, 6) is 0.921. The van der Waals surface area contributed by atoms with E-state index in [1.807, 2.05) is 0 Å². The van der Waals surface area contributed by atoms with Gasteiger partial charge in [-0.05, 0) is 60.0 Å². The number of hydrogen-bond acceptors (Lipinski definition) is 4. The van der Waals surface area contributed by atoms with Crippen LogP contribution in [0.15, 0.2) is 0 Å². The second kappa shape index (κ2) is 7.02. The SMILES string of the molecule is CN(C)C[C@H]1CN(C)CCN1CC1CCN(C)CC1. The van der Waals surface area contributed by atoms with Crippen LogP contribution in [0.4, 0.5) is 0 Å². The van der Waals surface area contributed by atoms with Gasteiger partial charge in [-0.25, -0.2) is 0 Å². The number of likely N-dealkylation sites (tertiary alicyclic amines) is 1. The number of nitrogens with zero attached hydrogens (tertiary/aromatic N) is 4. The van der Waals surface area contributed by atoms with Crippen LogP contribution in [0, 0.1) is 5.92 Å². The first-order chi connectivity index (χ1) is 9.04. The molecule has 0 aromatic carbocycles. The number of piperidine rings is 1. The number of hydrogen-bond donors (Lipinski definition) is 0. The molecule has 2 aliphatic rings. The largest absolute Gasteiger partial charge is 0.308 e. The molecule has 4 heteroatoms. The monoisotopic (exact) mass is 268 g/mol.